The first-order valence-corrected chi connectivity index (χ1v) is 14.0. The first kappa shape index (κ1) is 25.6. The molecule has 1 atom stereocenters. The minimum atomic E-state index is -0.336. The molecule has 1 unspecified atom stereocenters. The van der Waals surface area contributed by atoms with E-state index in [1.165, 1.54) is 18.0 Å². The number of benzene rings is 2. The molecule has 0 aromatic heterocycles. The van der Waals surface area contributed by atoms with Crippen LogP contribution in [-0.2, 0) is 0 Å². The normalized spacial score (nSPS) is 18.1. The lowest BCUT2D eigenvalue weighted by Crippen LogP contribution is -2.37. The van der Waals surface area contributed by atoms with Crippen molar-refractivity contribution in [2.45, 2.75) is 31.2 Å². The van der Waals surface area contributed by atoms with E-state index in [0.717, 1.165) is 55.7 Å². The van der Waals surface area contributed by atoms with Gasteiger partial charge in [0, 0.05) is 42.7 Å². The molecule has 2 aromatic carbocycles. The van der Waals surface area contributed by atoms with Gasteiger partial charge in [0.15, 0.2) is 0 Å². The van der Waals surface area contributed by atoms with Gasteiger partial charge in [-0.2, -0.15) is 0 Å². The Bertz CT molecular complexity index is 1050. The van der Waals surface area contributed by atoms with Crippen molar-refractivity contribution in [3.05, 3.63) is 57.4 Å². The Morgan fingerprint density at radius 2 is 1.97 bits per heavy atom. The van der Waals surface area contributed by atoms with E-state index in [9.17, 15) is 4.39 Å². The van der Waals surface area contributed by atoms with E-state index >= 15 is 0 Å². The summed E-state index contributed by atoms with van der Waals surface area (Å²) in [5.41, 5.74) is 2.39. The summed E-state index contributed by atoms with van der Waals surface area (Å²) in [4.78, 5) is 7.35. The van der Waals surface area contributed by atoms with Gasteiger partial charge in [-0.1, -0.05) is 37.0 Å². The van der Waals surface area contributed by atoms with Crippen LogP contribution < -0.4 is 14.9 Å². The molecule has 0 spiro atoms. The third kappa shape index (κ3) is 5.85. The first-order chi connectivity index (χ1) is 16.4. The largest absolute Gasteiger partial charge is 0.368 e. The van der Waals surface area contributed by atoms with Gasteiger partial charge in [0.05, 0.1) is 32.9 Å². The topological polar surface area (TPSA) is 33.8 Å². The van der Waals surface area contributed by atoms with E-state index < -0.39 is 0 Å². The van der Waals surface area contributed by atoms with Crippen molar-refractivity contribution >= 4 is 64.0 Å². The van der Waals surface area contributed by atoms with E-state index in [-0.39, 0.29) is 5.82 Å². The molecule has 0 radical (unpaired) electrons. The van der Waals surface area contributed by atoms with Crippen LogP contribution in [0.25, 0.3) is 0 Å². The fraction of sp³-hybridized carbons (Fsp3) is 0.417. The summed E-state index contributed by atoms with van der Waals surface area (Å²) in [5, 5.41) is 6.50. The molecule has 184 valence electrons. The molecule has 2 N–H and O–H groups in total. The van der Waals surface area contributed by atoms with Crippen molar-refractivity contribution in [2.24, 2.45) is 0 Å². The second-order valence-corrected chi connectivity index (χ2v) is 10.9. The van der Waals surface area contributed by atoms with Crippen molar-refractivity contribution in [1.82, 2.24) is 14.5 Å². The van der Waals surface area contributed by atoms with Gasteiger partial charge in [0.2, 0.25) is 0 Å². The molecule has 2 aliphatic heterocycles. The Morgan fingerprint density at radius 3 is 2.68 bits per heavy atom. The molecule has 0 aliphatic carbocycles. The SMILES string of the molecule is CCN(CC)C1CCN(c2cc(Cl)ccc2Nc2cc(F)c(SNC3=CSCN3C)cc2Cl)C1. The lowest BCUT2D eigenvalue weighted by atomic mass is 10.2. The quantitative estimate of drug-likeness (QED) is 0.336. The number of anilines is 3. The van der Waals surface area contributed by atoms with Crippen LogP contribution in [0.15, 0.2) is 46.5 Å². The van der Waals surface area contributed by atoms with Gasteiger partial charge in [0.25, 0.3) is 0 Å². The highest BCUT2D eigenvalue weighted by Crippen LogP contribution is 2.38. The Balaban J connectivity index is 1.51. The molecule has 5 nitrogen and oxygen atoms in total. The van der Waals surface area contributed by atoms with Gasteiger partial charge in [-0.3, -0.25) is 4.90 Å². The smallest absolute Gasteiger partial charge is 0.140 e. The second-order valence-electron chi connectivity index (χ2n) is 8.36. The molecular formula is C24H30Cl2FN5S2. The lowest BCUT2D eigenvalue weighted by Gasteiger charge is -2.27. The molecule has 4 rings (SSSR count). The Hall–Kier alpha value is -1.45. The number of hydrogen-bond acceptors (Lipinski definition) is 7. The van der Waals surface area contributed by atoms with Gasteiger partial charge in [-0.15, -0.1) is 11.8 Å². The predicted molar refractivity (Wildman–Crippen MR) is 147 cm³/mol. The van der Waals surface area contributed by atoms with Crippen LogP contribution in [0, 0.1) is 5.82 Å². The zero-order valence-corrected chi connectivity index (χ0v) is 22.7. The van der Waals surface area contributed by atoms with Crippen LogP contribution in [0.1, 0.15) is 20.3 Å². The summed E-state index contributed by atoms with van der Waals surface area (Å²) >= 11 is 15.8. The second kappa shape index (κ2) is 11.5. The molecule has 0 amide bonds. The van der Waals surface area contributed by atoms with Crippen LogP contribution in [0.4, 0.5) is 21.5 Å². The number of likely N-dealkylation sites (N-methyl/N-ethyl adjacent to an activating group) is 1. The molecule has 0 saturated carbocycles. The third-order valence-corrected chi connectivity index (χ3v) is 8.54. The predicted octanol–water partition coefficient (Wildman–Crippen LogP) is 6.83. The van der Waals surface area contributed by atoms with Gasteiger partial charge >= 0.3 is 0 Å². The van der Waals surface area contributed by atoms with E-state index in [4.69, 9.17) is 23.2 Å². The first-order valence-electron chi connectivity index (χ1n) is 11.4. The van der Waals surface area contributed by atoms with Crippen LogP contribution in [-0.4, -0.2) is 54.9 Å². The molecule has 0 bridgehead atoms. The number of halogens is 3. The fourth-order valence-corrected chi connectivity index (χ4v) is 6.43. The van der Waals surface area contributed by atoms with Crippen molar-refractivity contribution in [3.63, 3.8) is 0 Å². The minimum absolute atomic E-state index is 0.336. The maximum atomic E-state index is 15.0. The molecular weight excluding hydrogens is 512 g/mol. The summed E-state index contributed by atoms with van der Waals surface area (Å²) in [6, 6.07) is 9.36. The number of rotatable bonds is 9. The van der Waals surface area contributed by atoms with E-state index in [2.05, 4.69) is 38.6 Å². The fourth-order valence-electron chi connectivity index (χ4n) is 4.32. The van der Waals surface area contributed by atoms with Crippen molar-refractivity contribution in [3.8, 4) is 0 Å². The van der Waals surface area contributed by atoms with Gasteiger partial charge < -0.3 is 19.8 Å². The van der Waals surface area contributed by atoms with Crippen LogP contribution in [0.3, 0.4) is 0 Å². The molecule has 2 heterocycles. The highest BCUT2D eigenvalue weighted by Gasteiger charge is 2.28. The van der Waals surface area contributed by atoms with Crippen LogP contribution in [0.2, 0.25) is 10.0 Å². The molecule has 1 fully saturated rings. The number of nitrogens with zero attached hydrogens (tertiary/aromatic N) is 3. The lowest BCUT2D eigenvalue weighted by molar-refractivity contribution is 0.232. The Kier molecular flexibility index (Phi) is 8.69. The molecule has 1 saturated heterocycles. The van der Waals surface area contributed by atoms with E-state index in [1.54, 1.807) is 17.8 Å². The number of thioether (sulfide) groups is 1. The summed E-state index contributed by atoms with van der Waals surface area (Å²) < 4.78 is 18.2. The van der Waals surface area contributed by atoms with Gasteiger partial charge in [-0.05, 0) is 55.7 Å². The monoisotopic (exact) mass is 541 g/mol. The molecule has 2 aliphatic rings. The van der Waals surface area contributed by atoms with Crippen molar-refractivity contribution in [2.75, 3.05) is 49.3 Å². The van der Waals surface area contributed by atoms with Crippen molar-refractivity contribution in [1.29, 1.82) is 0 Å². The van der Waals surface area contributed by atoms with E-state index in [1.807, 2.05) is 30.7 Å². The number of nitrogens with one attached hydrogen (secondary N) is 2. The van der Waals surface area contributed by atoms with Crippen molar-refractivity contribution < 1.29 is 4.39 Å². The Labute approximate surface area is 220 Å². The highest BCUT2D eigenvalue weighted by molar-refractivity contribution is 8.02. The maximum absolute atomic E-state index is 15.0. The van der Waals surface area contributed by atoms with Crippen LogP contribution in [0.5, 0.6) is 0 Å². The minimum Gasteiger partial charge on any atom is -0.368 e. The zero-order chi connectivity index (χ0) is 24.2. The maximum Gasteiger partial charge on any atom is 0.140 e. The van der Waals surface area contributed by atoms with Crippen LogP contribution >= 0.6 is 46.9 Å². The van der Waals surface area contributed by atoms with Gasteiger partial charge in [0.1, 0.15) is 11.6 Å². The van der Waals surface area contributed by atoms with Gasteiger partial charge in [-0.25, -0.2) is 4.39 Å². The Morgan fingerprint density at radius 1 is 1.18 bits per heavy atom. The standard InChI is InChI=1S/C24H30Cl2FN5S2/c1-4-31(5-2)17-8-9-32(13-17)22-10-16(25)6-7-20(22)28-21-12-19(27)23(11-18(21)26)34-29-24-14-33-15-30(24)3/h6-7,10-12,14,17,28-29H,4-5,8-9,13,15H2,1-3H3. The summed E-state index contributed by atoms with van der Waals surface area (Å²) in [6.07, 6.45) is 1.10. The average molecular weight is 543 g/mol. The summed E-state index contributed by atoms with van der Waals surface area (Å²) in [6.45, 7) is 8.36. The summed E-state index contributed by atoms with van der Waals surface area (Å²) in [7, 11) is 1.99. The number of hydrogen-bond donors (Lipinski definition) is 2. The molecule has 34 heavy (non-hydrogen) atoms. The molecule has 10 heteroatoms. The molecule has 2 aromatic rings. The highest BCUT2D eigenvalue weighted by atomic mass is 35.5. The zero-order valence-electron chi connectivity index (χ0n) is 19.6. The third-order valence-electron chi connectivity index (χ3n) is 6.22. The van der Waals surface area contributed by atoms with E-state index in [0.29, 0.717) is 26.7 Å². The average Bonchev–Trinajstić information content (AvgIpc) is 3.46. The summed E-state index contributed by atoms with van der Waals surface area (Å²) in [5.74, 6) is 1.49.